The Hall–Kier alpha value is -3.28. The second-order valence-electron chi connectivity index (χ2n) is 7.56. The van der Waals surface area contributed by atoms with Gasteiger partial charge in [0.05, 0.1) is 19.3 Å². The van der Waals surface area contributed by atoms with E-state index in [-0.39, 0.29) is 6.61 Å². The lowest BCUT2D eigenvalue weighted by Gasteiger charge is -2.13. The van der Waals surface area contributed by atoms with Gasteiger partial charge >= 0.3 is 11.6 Å². The molecular formula is C24H26O6. The van der Waals surface area contributed by atoms with Gasteiger partial charge in [-0.25, -0.2) is 9.59 Å². The molecule has 0 unspecified atom stereocenters. The maximum Gasteiger partial charge on any atom is 0.338 e. The Morgan fingerprint density at radius 2 is 1.87 bits per heavy atom. The summed E-state index contributed by atoms with van der Waals surface area (Å²) in [5.41, 5.74) is 1.89. The zero-order chi connectivity index (χ0) is 21.7. The lowest BCUT2D eigenvalue weighted by atomic mass is 10.1. The maximum absolute atomic E-state index is 12.6. The predicted octanol–water partition coefficient (Wildman–Crippen LogP) is 4.89. The molecule has 0 N–H and O–H groups in total. The van der Waals surface area contributed by atoms with Gasteiger partial charge in [0, 0.05) is 17.0 Å². The Balaban J connectivity index is 1.73. The van der Waals surface area contributed by atoms with Crippen LogP contribution in [0.3, 0.4) is 0 Å². The molecule has 6 heteroatoms. The van der Waals surface area contributed by atoms with Crippen molar-refractivity contribution in [2.45, 2.75) is 33.8 Å². The molecule has 1 aromatic heterocycles. The largest absolute Gasteiger partial charge is 0.493 e. The van der Waals surface area contributed by atoms with Gasteiger partial charge in [-0.15, -0.1) is 0 Å². The topological polar surface area (TPSA) is 75.0 Å². The first-order valence-electron chi connectivity index (χ1n) is 9.88. The van der Waals surface area contributed by atoms with Crippen molar-refractivity contribution in [2.75, 3.05) is 13.7 Å². The van der Waals surface area contributed by atoms with Crippen molar-refractivity contribution >= 4 is 16.9 Å². The highest BCUT2D eigenvalue weighted by molar-refractivity contribution is 5.90. The molecule has 0 spiro atoms. The Morgan fingerprint density at radius 3 is 2.60 bits per heavy atom. The highest BCUT2D eigenvalue weighted by Gasteiger charge is 2.14. The Kier molecular flexibility index (Phi) is 6.77. The highest BCUT2D eigenvalue weighted by Crippen LogP contribution is 2.29. The Bertz CT molecular complexity index is 1100. The third-order valence-corrected chi connectivity index (χ3v) is 4.70. The Labute approximate surface area is 175 Å². The van der Waals surface area contributed by atoms with Gasteiger partial charge in [0.15, 0.2) is 11.5 Å². The van der Waals surface area contributed by atoms with Gasteiger partial charge in [-0.2, -0.15) is 0 Å². The monoisotopic (exact) mass is 410 g/mol. The highest BCUT2D eigenvalue weighted by atomic mass is 16.5. The van der Waals surface area contributed by atoms with E-state index in [1.165, 1.54) is 13.2 Å². The SMILES string of the molecule is COc1cc(C(=O)OCc2cc(=O)oc3cc(C)ccc23)ccc1OCCC(C)C. The number of benzene rings is 2. The van der Waals surface area contributed by atoms with Crippen LogP contribution in [0.2, 0.25) is 0 Å². The molecule has 0 atom stereocenters. The minimum atomic E-state index is -0.518. The van der Waals surface area contributed by atoms with Crippen LogP contribution in [0, 0.1) is 12.8 Å². The quantitative estimate of drug-likeness (QED) is 0.389. The molecule has 0 bridgehead atoms. The molecule has 6 nitrogen and oxygen atoms in total. The fourth-order valence-electron chi connectivity index (χ4n) is 3.00. The molecule has 0 aliphatic rings. The number of hydrogen-bond donors (Lipinski definition) is 0. The summed E-state index contributed by atoms with van der Waals surface area (Å²) in [5, 5.41) is 0.736. The zero-order valence-electron chi connectivity index (χ0n) is 17.7. The normalized spacial score (nSPS) is 11.0. The van der Waals surface area contributed by atoms with Crippen LogP contribution in [0.15, 0.2) is 51.7 Å². The van der Waals surface area contributed by atoms with Crippen molar-refractivity contribution in [1.29, 1.82) is 0 Å². The molecule has 2 aromatic carbocycles. The van der Waals surface area contributed by atoms with E-state index in [1.807, 2.05) is 19.1 Å². The van der Waals surface area contributed by atoms with Gasteiger partial charge < -0.3 is 18.6 Å². The fourth-order valence-corrected chi connectivity index (χ4v) is 3.00. The van der Waals surface area contributed by atoms with Gasteiger partial charge in [0.25, 0.3) is 0 Å². The molecule has 0 radical (unpaired) electrons. The lowest BCUT2D eigenvalue weighted by Crippen LogP contribution is -2.09. The molecule has 0 saturated carbocycles. The zero-order valence-corrected chi connectivity index (χ0v) is 17.7. The van der Waals surface area contributed by atoms with Gasteiger partial charge in [0.1, 0.15) is 12.2 Å². The standard InChI is InChI=1S/C24H26O6/c1-15(2)9-10-28-20-8-6-17(12-22(20)27-4)24(26)29-14-18-13-23(25)30-21-11-16(3)5-7-19(18)21/h5-8,11-13,15H,9-10,14H2,1-4H3. The third-order valence-electron chi connectivity index (χ3n) is 4.70. The minimum Gasteiger partial charge on any atom is -0.493 e. The van der Waals surface area contributed by atoms with Crippen LogP contribution in [0.4, 0.5) is 0 Å². The average Bonchev–Trinajstić information content (AvgIpc) is 2.71. The van der Waals surface area contributed by atoms with Crippen LogP contribution < -0.4 is 15.1 Å². The predicted molar refractivity (Wildman–Crippen MR) is 114 cm³/mol. The summed E-state index contributed by atoms with van der Waals surface area (Å²) in [7, 11) is 1.52. The number of rotatable bonds is 8. The van der Waals surface area contributed by atoms with Gasteiger partial charge in [-0.1, -0.05) is 26.0 Å². The molecule has 1 heterocycles. The number of fused-ring (bicyclic) bond motifs is 1. The second-order valence-corrected chi connectivity index (χ2v) is 7.56. The molecule has 158 valence electrons. The summed E-state index contributed by atoms with van der Waals surface area (Å²) in [5.74, 6) is 1.06. The molecule has 3 rings (SSSR count). The van der Waals surface area contributed by atoms with Crippen molar-refractivity contribution in [3.63, 3.8) is 0 Å². The van der Waals surface area contributed by atoms with Crippen LogP contribution in [-0.2, 0) is 11.3 Å². The van der Waals surface area contributed by atoms with E-state index < -0.39 is 11.6 Å². The molecule has 0 amide bonds. The smallest absolute Gasteiger partial charge is 0.338 e. The van der Waals surface area contributed by atoms with Gasteiger partial charge in [-0.3, -0.25) is 0 Å². The Morgan fingerprint density at radius 1 is 1.07 bits per heavy atom. The van der Waals surface area contributed by atoms with Crippen molar-refractivity contribution in [3.05, 3.63) is 69.6 Å². The van der Waals surface area contributed by atoms with E-state index in [9.17, 15) is 9.59 Å². The van der Waals surface area contributed by atoms with E-state index in [0.29, 0.717) is 40.7 Å². The van der Waals surface area contributed by atoms with Crippen LogP contribution >= 0.6 is 0 Å². The number of esters is 1. The summed E-state index contributed by atoms with van der Waals surface area (Å²) in [4.78, 5) is 24.4. The number of methoxy groups -OCH3 is 1. The molecule has 3 aromatic rings. The number of ether oxygens (including phenoxy) is 3. The maximum atomic E-state index is 12.6. The van der Waals surface area contributed by atoms with Crippen molar-refractivity contribution in [1.82, 2.24) is 0 Å². The van der Waals surface area contributed by atoms with Crippen molar-refractivity contribution < 1.29 is 23.4 Å². The fraction of sp³-hybridized carbons (Fsp3) is 0.333. The van der Waals surface area contributed by atoms with E-state index in [1.54, 1.807) is 24.3 Å². The molecular weight excluding hydrogens is 384 g/mol. The van der Waals surface area contributed by atoms with E-state index in [2.05, 4.69) is 13.8 Å². The summed E-state index contributed by atoms with van der Waals surface area (Å²) < 4.78 is 21.8. The molecule has 0 aliphatic carbocycles. The summed E-state index contributed by atoms with van der Waals surface area (Å²) in [6.07, 6.45) is 0.922. The lowest BCUT2D eigenvalue weighted by molar-refractivity contribution is 0.0473. The van der Waals surface area contributed by atoms with Crippen molar-refractivity contribution in [3.8, 4) is 11.5 Å². The molecule has 30 heavy (non-hydrogen) atoms. The van der Waals surface area contributed by atoms with Crippen LogP contribution in [0.25, 0.3) is 11.0 Å². The van der Waals surface area contributed by atoms with E-state index in [4.69, 9.17) is 18.6 Å². The van der Waals surface area contributed by atoms with Crippen LogP contribution in [0.5, 0.6) is 11.5 Å². The number of aryl methyl sites for hydroxylation is 1. The number of carbonyl (C=O) groups is 1. The van der Waals surface area contributed by atoms with Gasteiger partial charge in [-0.05, 0) is 49.1 Å². The number of hydrogen-bond acceptors (Lipinski definition) is 6. The first-order valence-corrected chi connectivity index (χ1v) is 9.88. The first-order chi connectivity index (χ1) is 14.4. The molecule has 0 fully saturated rings. The van der Waals surface area contributed by atoms with Gasteiger partial charge in [0.2, 0.25) is 0 Å². The van der Waals surface area contributed by atoms with E-state index >= 15 is 0 Å². The molecule has 0 saturated heterocycles. The first kappa shape index (κ1) is 21.4. The number of carbonyl (C=O) groups excluding carboxylic acids is 1. The summed E-state index contributed by atoms with van der Waals surface area (Å²) in [6.45, 7) is 6.69. The molecule has 0 aliphatic heterocycles. The summed E-state index contributed by atoms with van der Waals surface area (Å²) in [6, 6.07) is 11.8. The second kappa shape index (κ2) is 9.48. The summed E-state index contributed by atoms with van der Waals surface area (Å²) >= 11 is 0. The van der Waals surface area contributed by atoms with Crippen LogP contribution in [0.1, 0.15) is 41.8 Å². The van der Waals surface area contributed by atoms with E-state index in [0.717, 1.165) is 17.4 Å². The third kappa shape index (κ3) is 5.20. The van der Waals surface area contributed by atoms with Crippen LogP contribution in [-0.4, -0.2) is 19.7 Å². The average molecular weight is 410 g/mol. The minimum absolute atomic E-state index is 0.0427. The van der Waals surface area contributed by atoms with Crippen molar-refractivity contribution in [2.24, 2.45) is 5.92 Å².